The number of para-hydroxylation sites is 1. The first-order valence-corrected chi connectivity index (χ1v) is 8.77. The number of halogens is 1. The monoisotopic (exact) mass is 333 g/mol. The van der Waals surface area contributed by atoms with Crippen LogP contribution in [0.2, 0.25) is 0 Å². The van der Waals surface area contributed by atoms with Gasteiger partial charge in [0.25, 0.3) is 0 Å². The number of benzene rings is 1. The first-order valence-electron chi connectivity index (χ1n) is 8.77. The second-order valence-corrected chi connectivity index (χ2v) is 6.64. The van der Waals surface area contributed by atoms with Gasteiger partial charge in [0.05, 0.1) is 5.71 Å². The molecule has 0 fully saturated rings. The predicted octanol–water partition coefficient (Wildman–Crippen LogP) is 4.54. The molecule has 2 rings (SSSR count). The van der Waals surface area contributed by atoms with Crippen LogP contribution in [-0.2, 0) is 4.79 Å². The molecule has 0 saturated carbocycles. The molecule has 1 aromatic carbocycles. The fourth-order valence-electron chi connectivity index (χ4n) is 3.20. The number of hydrogen-bond acceptors (Lipinski definition) is 3. The summed E-state index contributed by atoms with van der Waals surface area (Å²) in [6.07, 6.45) is 3.26. The molecule has 1 aliphatic rings. The molecule has 0 radical (unpaired) electrons. The van der Waals surface area contributed by atoms with Crippen molar-refractivity contribution in [3.8, 4) is 0 Å². The molecule has 0 spiro atoms. The number of carbonyl (C=O) groups is 1. The van der Waals surface area contributed by atoms with E-state index in [0.29, 0.717) is 11.6 Å². The van der Waals surface area contributed by atoms with Gasteiger partial charge in [-0.25, -0.2) is 4.39 Å². The number of amides is 1. The van der Waals surface area contributed by atoms with Gasteiger partial charge >= 0.3 is 0 Å². The van der Waals surface area contributed by atoms with Crippen LogP contribution in [0.4, 0.5) is 10.1 Å². The third-order valence-electron chi connectivity index (χ3n) is 4.67. The van der Waals surface area contributed by atoms with Crippen molar-refractivity contribution < 1.29 is 9.18 Å². The fourth-order valence-corrected chi connectivity index (χ4v) is 3.20. The molecule has 1 amide bonds. The van der Waals surface area contributed by atoms with Crippen LogP contribution in [0, 0.1) is 5.92 Å². The van der Waals surface area contributed by atoms with E-state index in [1.807, 2.05) is 24.3 Å². The van der Waals surface area contributed by atoms with Crippen molar-refractivity contribution in [2.75, 3.05) is 12.4 Å². The van der Waals surface area contributed by atoms with Gasteiger partial charge in [0, 0.05) is 12.7 Å². The standard InChI is InChI=1S/C19H28FN3O/c1-5-6-7-10-13(2)15-11-8-9-12-16(15)21-19(24)17-14(3)22-23(4)18(17)20/h8-9,11-13,17-18H,5-7,10H2,1-4H3,(H,21,24). The van der Waals surface area contributed by atoms with E-state index in [2.05, 4.69) is 24.3 Å². The SMILES string of the molecule is CCCCCC(C)c1ccccc1NC(=O)C1C(C)=NN(C)C1F. The summed E-state index contributed by atoms with van der Waals surface area (Å²) >= 11 is 0. The molecule has 132 valence electrons. The van der Waals surface area contributed by atoms with Crippen LogP contribution in [0.15, 0.2) is 29.4 Å². The van der Waals surface area contributed by atoms with E-state index in [9.17, 15) is 9.18 Å². The first kappa shape index (κ1) is 18.4. The van der Waals surface area contributed by atoms with E-state index < -0.39 is 12.2 Å². The Bertz CT molecular complexity index is 602. The molecule has 24 heavy (non-hydrogen) atoms. The van der Waals surface area contributed by atoms with E-state index in [0.717, 1.165) is 17.7 Å². The average molecular weight is 333 g/mol. The number of hydrogen-bond donors (Lipinski definition) is 1. The molecule has 4 nitrogen and oxygen atoms in total. The molecule has 1 N–H and O–H groups in total. The number of unbranched alkanes of at least 4 members (excludes halogenated alkanes) is 2. The largest absolute Gasteiger partial charge is 0.325 e. The van der Waals surface area contributed by atoms with Crippen molar-refractivity contribution >= 4 is 17.3 Å². The molecule has 1 aromatic rings. The Balaban J connectivity index is 2.10. The lowest BCUT2D eigenvalue weighted by Gasteiger charge is -2.20. The Morgan fingerprint density at radius 3 is 2.71 bits per heavy atom. The van der Waals surface area contributed by atoms with Crippen LogP contribution in [0.5, 0.6) is 0 Å². The summed E-state index contributed by atoms with van der Waals surface area (Å²) in [6, 6.07) is 7.81. The maximum absolute atomic E-state index is 14.2. The van der Waals surface area contributed by atoms with E-state index in [1.54, 1.807) is 14.0 Å². The number of carbonyl (C=O) groups excluding carboxylic acids is 1. The van der Waals surface area contributed by atoms with Crippen LogP contribution in [0.1, 0.15) is 57.9 Å². The predicted molar refractivity (Wildman–Crippen MR) is 96.9 cm³/mol. The zero-order valence-corrected chi connectivity index (χ0v) is 15.1. The maximum Gasteiger partial charge on any atom is 0.238 e. The van der Waals surface area contributed by atoms with Crippen LogP contribution in [0.25, 0.3) is 0 Å². The van der Waals surface area contributed by atoms with E-state index in [4.69, 9.17) is 0 Å². The van der Waals surface area contributed by atoms with Crippen molar-refractivity contribution in [3.05, 3.63) is 29.8 Å². The molecule has 3 atom stereocenters. The zero-order chi connectivity index (χ0) is 17.7. The lowest BCUT2D eigenvalue weighted by molar-refractivity contribution is -0.120. The lowest BCUT2D eigenvalue weighted by Crippen LogP contribution is -2.36. The van der Waals surface area contributed by atoms with Gasteiger partial charge < -0.3 is 5.32 Å². The molecule has 0 saturated heterocycles. The number of alkyl halides is 1. The summed E-state index contributed by atoms with van der Waals surface area (Å²) < 4.78 is 14.2. The number of hydrazone groups is 1. The van der Waals surface area contributed by atoms with Crippen molar-refractivity contribution in [2.45, 2.75) is 58.7 Å². The summed E-state index contributed by atoms with van der Waals surface area (Å²) in [5, 5.41) is 8.16. The number of nitrogens with one attached hydrogen (secondary N) is 1. The van der Waals surface area contributed by atoms with Crippen LogP contribution >= 0.6 is 0 Å². The van der Waals surface area contributed by atoms with Gasteiger partial charge in [0.2, 0.25) is 12.2 Å². The average Bonchev–Trinajstić information content (AvgIpc) is 2.80. The molecule has 0 bridgehead atoms. The summed E-state index contributed by atoms with van der Waals surface area (Å²) in [5.74, 6) is -0.824. The van der Waals surface area contributed by atoms with Gasteiger partial charge in [-0.15, -0.1) is 0 Å². The summed E-state index contributed by atoms with van der Waals surface area (Å²) in [7, 11) is 1.55. The van der Waals surface area contributed by atoms with Crippen LogP contribution in [-0.4, -0.2) is 30.0 Å². The third kappa shape index (κ3) is 4.13. The van der Waals surface area contributed by atoms with Crippen LogP contribution < -0.4 is 5.32 Å². The molecule has 3 unspecified atom stereocenters. The number of rotatable bonds is 7. The Morgan fingerprint density at radius 2 is 2.08 bits per heavy atom. The zero-order valence-electron chi connectivity index (χ0n) is 15.1. The molecular weight excluding hydrogens is 305 g/mol. The van der Waals surface area contributed by atoms with E-state index >= 15 is 0 Å². The second-order valence-electron chi connectivity index (χ2n) is 6.64. The highest BCUT2D eigenvalue weighted by atomic mass is 19.1. The normalized spacial score (nSPS) is 21.5. The first-order chi connectivity index (χ1) is 11.5. The summed E-state index contributed by atoms with van der Waals surface area (Å²) in [4.78, 5) is 12.6. The molecule has 1 heterocycles. The van der Waals surface area contributed by atoms with Gasteiger partial charge in [-0.1, -0.05) is 51.3 Å². The molecule has 5 heteroatoms. The van der Waals surface area contributed by atoms with Crippen molar-refractivity contribution in [2.24, 2.45) is 11.0 Å². The second kappa shape index (κ2) is 8.27. The molecule has 0 aromatic heterocycles. The summed E-state index contributed by atoms with van der Waals surface area (Å²) in [5.41, 5.74) is 2.40. The number of anilines is 1. The molecule has 0 aliphatic carbocycles. The van der Waals surface area contributed by atoms with Gasteiger partial charge in [-0.05, 0) is 30.9 Å². The van der Waals surface area contributed by atoms with Crippen molar-refractivity contribution in [1.29, 1.82) is 0 Å². The molecular formula is C19H28FN3O. The number of nitrogens with zero attached hydrogens (tertiary/aromatic N) is 2. The minimum absolute atomic E-state index is 0.332. The van der Waals surface area contributed by atoms with Gasteiger partial charge in [0.15, 0.2) is 0 Å². The topological polar surface area (TPSA) is 44.7 Å². The Kier molecular flexibility index (Phi) is 6.35. The Hall–Kier alpha value is -1.91. The highest BCUT2D eigenvalue weighted by Gasteiger charge is 2.39. The van der Waals surface area contributed by atoms with E-state index in [-0.39, 0.29) is 5.91 Å². The Labute approximate surface area is 144 Å². The minimum atomic E-state index is -1.40. The van der Waals surface area contributed by atoms with Crippen LogP contribution in [0.3, 0.4) is 0 Å². The highest BCUT2D eigenvalue weighted by molar-refractivity contribution is 6.09. The fraction of sp³-hybridized carbons (Fsp3) is 0.579. The Morgan fingerprint density at radius 1 is 1.38 bits per heavy atom. The van der Waals surface area contributed by atoms with Crippen molar-refractivity contribution in [3.63, 3.8) is 0 Å². The van der Waals surface area contributed by atoms with Gasteiger partial charge in [0.1, 0.15) is 5.92 Å². The third-order valence-corrected chi connectivity index (χ3v) is 4.67. The smallest absolute Gasteiger partial charge is 0.238 e. The van der Waals surface area contributed by atoms with Gasteiger partial charge in [-0.2, -0.15) is 5.10 Å². The van der Waals surface area contributed by atoms with E-state index in [1.165, 1.54) is 24.3 Å². The highest BCUT2D eigenvalue weighted by Crippen LogP contribution is 2.30. The lowest BCUT2D eigenvalue weighted by atomic mass is 9.93. The maximum atomic E-state index is 14.2. The molecule has 1 aliphatic heterocycles. The quantitative estimate of drug-likeness (QED) is 0.588. The van der Waals surface area contributed by atoms with Crippen molar-refractivity contribution in [1.82, 2.24) is 5.01 Å². The van der Waals surface area contributed by atoms with Gasteiger partial charge in [-0.3, -0.25) is 9.80 Å². The minimum Gasteiger partial charge on any atom is -0.325 e. The summed E-state index contributed by atoms with van der Waals surface area (Å²) in [6.45, 7) is 6.06.